The van der Waals surface area contributed by atoms with E-state index < -0.39 is 0 Å². The summed E-state index contributed by atoms with van der Waals surface area (Å²) in [5.41, 5.74) is 1.88. The van der Waals surface area contributed by atoms with Crippen LogP contribution < -0.4 is 4.74 Å². The minimum Gasteiger partial charge on any atom is -0.475 e. The zero-order valence-electron chi connectivity index (χ0n) is 16.3. The summed E-state index contributed by atoms with van der Waals surface area (Å²) < 4.78 is 12.1. The van der Waals surface area contributed by atoms with Crippen LogP contribution >= 0.6 is 22.9 Å². The standard InChI is InChI=1S/C21H24ClN3O3S/c1-15(24-10-12-27-13-11-24)28-17-4-2-16(3-5-17)14-21(26)25-9-8-18(23-25)19-6-7-20(22)29-19/h2-7,15H,8-14H2,1H3. The van der Waals surface area contributed by atoms with Gasteiger partial charge in [0.25, 0.3) is 0 Å². The summed E-state index contributed by atoms with van der Waals surface area (Å²) in [6.07, 6.45) is 1.07. The number of hydrogen-bond donors (Lipinski definition) is 0. The summed E-state index contributed by atoms with van der Waals surface area (Å²) in [4.78, 5) is 15.9. The van der Waals surface area contributed by atoms with Gasteiger partial charge < -0.3 is 9.47 Å². The molecule has 29 heavy (non-hydrogen) atoms. The van der Waals surface area contributed by atoms with Crippen molar-refractivity contribution in [1.29, 1.82) is 0 Å². The maximum absolute atomic E-state index is 12.6. The summed E-state index contributed by atoms with van der Waals surface area (Å²) in [6, 6.07) is 11.5. The van der Waals surface area contributed by atoms with Gasteiger partial charge in [0.05, 0.1) is 41.1 Å². The molecule has 1 aromatic carbocycles. The molecular weight excluding hydrogens is 410 g/mol. The topological polar surface area (TPSA) is 54.4 Å². The number of nitrogens with zero attached hydrogens (tertiary/aromatic N) is 3. The Kier molecular flexibility index (Phi) is 6.50. The molecule has 2 aliphatic heterocycles. The highest BCUT2D eigenvalue weighted by molar-refractivity contribution is 7.18. The van der Waals surface area contributed by atoms with E-state index in [4.69, 9.17) is 21.1 Å². The lowest BCUT2D eigenvalue weighted by Crippen LogP contribution is -2.44. The number of carbonyl (C=O) groups excluding carboxylic acids is 1. The van der Waals surface area contributed by atoms with Crippen LogP contribution in [-0.4, -0.2) is 60.6 Å². The number of hydrazone groups is 1. The molecule has 2 aromatic rings. The summed E-state index contributed by atoms with van der Waals surface area (Å²) in [5, 5.41) is 6.05. The maximum Gasteiger partial charge on any atom is 0.247 e. The van der Waals surface area contributed by atoms with Crippen LogP contribution in [0.4, 0.5) is 0 Å². The molecule has 6 nitrogen and oxygen atoms in total. The van der Waals surface area contributed by atoms with Gasteiger partial charge in [0.1, 0.15) is 12.0 Å². The van der Waals surface area contributed by atoms with E-state index in [1.165, 1.54) is 11.3 Å². The van der Waals surface area contributed by atoms with E-state index in [1.807, 2.05) is 43.3 Å². The van der Waals surface area contributed by atoms with Gasteiger partial charge in [-0.2, -0.15) is 5.10 Å². The lowest BCUT2D eigenvalue weighted by molar-refractivity contribution is -0.130. The normalized spacial score (nSPS) is 18.6. The van der Waals surface area contributed by atoms with Gasteiger partial charge in [-0.25, -0.2) is 5.01 Å². The predicted octanol–water partition coefficient (Wildman–Crippen LogP) is 3.64. The fraction of sp³-hybridized carbons (Fsp3) is 0.429. The van der Waals surface area contributed by atoms with Crippen LogP contribution in [0.25, 0.3) is 0 Å². The first-order valence-electron chi connectivity index (χ1n) is 9.79. The number of benzene rings is 1. The molecule has 0 bridgehead atoms. The Morgan fingerprint density at radius 2 is 1.97 bits per heavy atom. The molecule has 0 aliphatic carbocycles. The van der Waals surface area contributed by atoms with Crippen molar-refractivity contribution in [2.45, 2.75) is 26.0 Å². The third kappa shape index (κ3) is 5.17. The van der Waals surface area contributed by atoms with Crippen LogP contribution in [0.15, 0.2) is 41.5 Å². The lowest BCUT2D eigenvalue weighted by atomic mass is 10.1. The van der Waals surface area contributed by atoms with Gasteiger partial charge in [0.15, 0.2) is 0 Å². The van der Waals surface area contributed by atoms with Crippen LogP contribution in [0.3, 0.4) is 0 Å². The molecule has 1 unspecified atom stereocenters. The van der Waals surface area contributed by atoms with Crippen LogP contribution in [-0.2, 0) is 16.0 Å². The molecule has 1 atom stereocenters. The van der Waals surface area contributed by atoms with Gasteiger partial charge in [-0.15, -0.1) is 11.3 Å². The molecule has 1 aromatic heterocycles. The highest BCUT2D eigenvalue weighted by atomic mass is 35.5. The molecule has 0 radical (unpaired) electrons. The van der Waals surface area contributed by atoms with Gasteiger partial charge in [-0.05, 0) is 36.8 Å². The summed E-state index contributed by atoms with van der Waals surface area (Å²) >= 11 is 7.49. The van der Waals surface area contributed by atoms with Gasteiger partial charge in [-0.1, -0.05) is 23.7 Å². The Morgan fingerprint density at radius 1 is 1.21 bits per heavy atom. The van der Waals surface area contributed by atoms with Gasteiger partial charge in [-0.3, -0.25) is 9.69 Å². The average molecular weight is 434 g/mol. The molecular formula is C21H24ClN3O3S. The van der Waals surface area contributed by atoms with E-state index in [0.29, 0.717) is 13.0 Å². The fourth-order valence-electron chi connectivity index (χ4n) is 3.44. The Bertz CT molecular complexity index is 878. The number of hydrogen-bond acceptors (Lipinski definition) is 6. The van der Waals surface area contributed by atoms with Gasteiger partial charge >= 0.3 is 0 Å². The molecule has 4 rings (SSSR count). The van der Waals surface area contributed by atoms with Crippen molar-refractivity contribution < 1.29 is 14.3 Å². The van der Waals surface area contributed by atoms with E-state index in [2.05, 4.69) is 10.0 Å². The van der Waals surface area contributed by atoms with Crippen molar-refractivity contribution in [2.75, 3.05) is 32.8 Å². The predicted molar refractivity (Wildman–Crippen MR) is 115 cm³/mol. The molecule has 1 amide bonds. The second kappa shape index (κ2) is 9.26. The molecule has 2 aliphatic rings. The highest BCUT2D eigenvalue weighted by Gasteiger charge is 2.23. The zero-order chi connectivity index (χ0) is 20.2. The Balaban J connectivity index is 1.31. The van der Waals surface area contributed by atoms with E-state index >= 15 is 0 Å². The van der Waals surface area contributed by atoms with E-state index in [9.17, 15) is 4.79 Å². The number of rotatable bonds is 6. The minimum absolute atomic E-state index is 0.00185. The molecule has 1 saturated heterocycles. The van der Waals surface area contributed by atoms with Crippen molar-refractivity contribution in [3.8, 4) is 5.75 Å². The number of amides is 1. The Morgan fingerprint density at radius 3 is 2.66 bits per heavy atom. The molecule has 1 fully saturated rings. The quantitative estimate of drug-likeness (QED) is 0.698. The third-order valence-corrected chi connectivity index (χ3v) is 6.37. The SMILES string of the molecule is CC(Oc1ccc(CC(=O)N2CCC(c3ccc(Cl)s3)=N2)cc1)N1CCOCC1. The van der Waals surface area contributed by atoms with Crippen LogP contribution in [0, 0.1) is 0 Å². The summed E-state index contributed by atoms with van der Waals surface area (Å²) in [7, 11) is 0. The molecule has 154 valence electrons. The second-order valence-electron chi connectivity index (χ2n) is 7.10. The second-order valence-corrected chi connectivity index (χ2v) is 8.82. The average Bonchev–Trinajstić information content (AvgIpc) is 3.39. The van der Waals surface area contributed by atoms with Gasteiger partial charge in [0, 0.05) is 19.5 Å². The van der Waals surface area contributed by atoms with E-state index in [-0.39, 0.29) is 12.1 Å². The fourth-order valence-corrected chi connectivity index (χ4v) is 4.50. The Hall–Kier alpha value is -1.93. The summed E-state index contributed by atoms with van der Waals surface area (Å²) in [5.74, 6) is 0.800. The van der Waals surface area contributed by atoms with Crippen molar-refractivity contribution >= 4 is 34.6 Å². The largest absolute Gasteiger partial charge is 0.475 e. The monoisotopic (exact) mass is 433 g/mol. The van der Waals surface area contributed by atoms with Crippen LogP contribution in [0.5, 0.6) is 5.75 Å². The molecule has 0 spiro atoms. The molecule has 0 N–H and O–H groups in total. The number of ether oxygens (including phenoxy) is 2. The number of thiophene rings is 1. The first kappa shape index (κ1) is 20.3. The van der Waals surface area contributed by atoms with Crippen molar-refractivity contribution in [2.24, 2.45) is 5.10 Å². The number of carbonyl (C=O) groups is 1. The first-order chi connectivity index (χ1) is 14.1. The first-order valence-corrected chi connectivity index (χ1v) is 11.0. The summed E-state index contributed by atoms with van der Waals surface area (Å²) in [6.45, 7) is 5.91. The van der Waals surface area contributed by atoms with Crippen LogP contribution in [0.2, 0.25) is 4.34 Å². The molecule has 8 heteroatoms. The maximum atomic E-state index is 12.6. The number of morpholine rings is 1. The number of halogens is 1. The lowest BCUT2D eigenvalue weighted by Gasteiger charge is -2.32. The van der Waals surface area contributed by atoms with E-state index in [1.54, 1.807) is 5.01 Å². The highest BCUT2D eigenvalue weighted by Crippen LogP contribution is 2.25. The Labute approximate surface area is 179 Å². The smallest absolute Gasteiger partial charge is 0.247 e. The van der Waals surface area contributed by atoms with E-state index in [0.717, 1.165) is 59.0 Å². The molecule has 0 saturated carbocycles. The van der Waals surface area contributed by atoms with Crippen molar-refractivity contribution in [3.63, 3.8) is 0 Å². The minimum atomic E-state index is -0.00510. The third-order valence-electron chi connectivity index (χ3n) is 5.09. The van der Waals surface area contributed by atoms with Crippen LogP contribution in [0.1, 0.15) is 23.8 Å². The zero-order valence-corrected chi connectivity index (χ0v) is 17.9. The van der Waals surface area contributed by atoms with Gasteiger partial charge in [0.2, 0.25) is 5.91 Å². The molecule has 3 heterocycles. The van der Waals surface area contributed by atoms with Crippen molar-refractivity contribution in [1.82, 2.24) is 9.91 Å². The van der Waals surface area contributed by atoms with Crippen molar-refractivity contribution in [3.05, 3.63) is 51.2 Å².